The average Bonchev–Trinajstić information content (AvgIpc) is 2.63. The third-order valence-corrected chi connectivity index (χ3v) is 6.14. The molecule has 6 heteroatoms. The molecule has 0 saturated carbocycles. The quantitative estimate of drug-likeness (QED) is 0.850. The first kappa shape index (κ1) is 19.9. The van der Waals surface area contributed by atoms with Crippen LogP contribution in [0.3, 0.4) is 0 Å². The first-order valence-electron chi connectivity index (χ1n) is 9.26. The molecule has 5 nitrogen and oxygen atoms in total. The summed E-state index contributed by atoms with van der Waals surface area (Å²) in [5.41, 5.74) is 2.83. The predicted octanol–water partition coefficient (Wildman–Crippen LogP) is 3.62. The second-order valence-corrected chi connectivity index (χ2v) is 9.65. The number of anilines is 1. The van der Waals surface area contributed by atoms with Gasteiger partial charge in [0.1, 0.15) is 0 Å². The highest BCUT2D eigenvalue weighted by atomic mass is 32.2. The zero-order valence-corrected chi connectivity index (χ0v) is 17.1. The summed E-state index contributed by atoms with van der Waals surface area (Å²) in [4.78, 5) is 2.60. The van der Waals surface area contributed by atoms with Crippen LogP contribution >= 0.6 is 0 Å². The Morgan fingerprint density at radius 3 is 2.11 bits per heavy atom. The van der Waals surface area contributed by atoms with Gasteiger partial charge in [-0.2, -0.15) is 0 Å². The first-order chi connectivity index (χ1) is 12.7. The Morgan fingerprint density at radius 1 is 0.963 bits per heavy atom. The smallest absolute Gasteiger partial charge is 0.261 e. The van der Waals surface area contributed by atoms with Gasteiger partial charge in [0, 0.05) is 25.3 Å². The van der Waals surface area contributed by atoms with E-state index in [9.17, 15) is 8.42 Å². The van der Waals surface area contributed by atoms with Crippen molar-refractivity contribution < 1.29 is 13.2 Å². The fraction of sp³-hybridized carbons (Fsp3) is 0.429. The standard InChI is InChI=1S/C21H28N2O3S/c1-21(2,3)18-6-10-20(11-7-18)27(24,25)22-19-8-4-17(5-9-19)16-23-12-14-26-15-13-23/h4-11,22H,12-16H2,1-3H3. The van der Waals surface area contributed by atoms with Crippen LogP contribution in [0.2, 0.25) is 0 Å². The summed E-state index contributed by atoms with van der Waals surface area (Å²) in [6.45, 7) is 10.6. The number of benzene rings is 2. The van der Waals surface area contributed by atoms with Gasteiger partial charge in [-0.25, -0.2) is 8.42 Å². The number of nitrogens with zero attached hydrogens (tertiary/aromatic N) is 1. The van der Waals surface area contributed by atoms with Crippen molar-refractivity contribution in [2.24, 2.45) is 0 Å². The third kappa shape index (κ3) is 5.31. The van der Waals surface area contributed by atoms with Crippen LogP contribution in [0.25, 0.3) is 0 Å². The van der Waals surface area contributed by atoms with Crippen LogP contribution in [-0.2, 0) is 26.7 Å². The molecular formula is C21H28N2O3S. The average molecular weight is 389 g/mol. The van der Waals surface area contributed by atoms with E-state index in [2.05, 4.69) is 30.4 Å². The highest BCUT2D eigenvalue weighted by Gasteiger charge is 2.18. The molecule has 27 heavy (non-hydrogen) atoms. The minimum atomic E-state index is -3.59. The topological polar surface area (TPSA) is 58.6 Å². The van der Waals surface area contributed by atoms with Gasteiger partial charge in [-0.05, 0) is 40.8 Å². The molecule has 1 heterocycles. The molecule has 2 aromatic carbocycles. The van der Waals surface area contributed by atoms with E-state index in [0.29, 0.717) is 5.69 Å². The number of hydrogen-bond acceptors (Lipinski definition) is 4. The van der Waals surface area contributed by atoms with Crippen LogP contribution in [0, 0.1) is 0 Å². The van der Waals surface area contributed by atoms with Gasteiger partial charge in [0.05, 0.1) is 18.1 Å². The number of hydrogen-bond donors (Lipinski definition) is 1. The van der Waals surface area contributed by atoms with E-state index in [1.54, 1.807) is 12.1 Å². The molecule has 0 atom stereocenters. The van der Waals surface area contributed by atoms with Gasteiger partial charge in [0.25, 0.3) is 10.0 Å². The Morgan fingerprint density at radius 2 is 1.56 bits per heavy atom. The fourth-order valence-electron chi connectivity index (χ4n) is 3.04. The van der Waals surface area contributed by atoms with Crippen molar-refractivity contribution in [3.05, 3.63) is 59.7 Å². The second kappa shape index (κ2) is 8.00. The molecule has 146 valence electrons. The molecule has 1 N–H and O–H groups in total. The minimum absolute atomic E-state index is 0.00790. The number of morpholine rings is 1. The van der Waals surface area contributed by atoms with Gasteiger partial charge < -0.3 is 4.74 Å². The van der Waals surface area contributed by atoms with E-state index in [1.807, 2.05) is 36.4 Å². The summed E-state index contributed by atoms with van der Waals surface area (Å²) in [5, 5.41) is 0. The SMILES string of the molecule is CC(C)(C)c1ccc(S(=O)(=O)Nc2ccc(CN3CCOCC3)cc2)cc1. The number of rotatable bonds is 5. The Bertz CT molecular complexity index is 848. The maximum absolute atomic E-state index is 12.6. The van der Waals surface area contributed by atoms with Crippen molar-refractivity contribution >= 4 is 15.7 Å². The molecular weight excluding hydrogens is 360 g/mol. The normalized spacial score (nSPS) is 16.3. The van der Waals surface area contributed by atoms with E-state index in [4.69, 9.17) is 4.74 Å². The summed E-state index contributed by atoms with van der Waals surface area (Å²) in [5.74, 6) is 0. The van der Waals surface area contributed by atoms with Crippen molar-refractivity contribution in [1.29, 1.82) is 0 Å². The van der Waals surface area contributed by atoms with Gasteiger partial charge >= 0.3 is 0 Å². The second-order valence-electron chi connectivity index (χ2n) is 7.97. The lowest BCUT2D eigenvalue weighted by atomic mass is 9.87. The van der Waals surface area contributed by atoms with Crippen LogP contribution in [0.15, 0.2) is 53.4 Å². The van der Waals surface area contributed by atoms with E-state index in [0.717, 1.165) is 44.0 Å². The van der Waals surface area contributed by atoms with Gasteiger partial charge in [-0.1, -0.05) is 45.0 Å². The fourth-order valence-corrected chi connectivity index (χ4v) is 4.10. The van der Waals surface area contributed by atoms with E-state index in [-0.39, 0.29) is 10.3 Å². The zero-order valence-electron chi connectivity index (χ0n) is 16.2. The Kier molecular flexibility index (Phi) is 5.89. The van der Waals surface area contributed by atoms with Crippen LogP contribution in [0.4, 0.5) is 5.69 Å². The molecule has 0 unspecified atom stereocenters. The first-order valence-corrected chi connectivity index (χ1v) is 10.7. The minimum Gasteiger partial charge on any atom is -0.379 e. The maximum atomic E-state index is 12.6. The van der Waals surface area contributed by atoms with Crippen LogP contribution in [-0.4, -0.2) is 39.6 Å². The Labute approximate surface area is 162 Å². The maximum Gasteiger partial charge on any atom is 0.261 e. The van der Waals surface area contributed by atoms with Crippen molar-refractivity contribution in [2.45, 2.75) is 37.6 Å². The summed E-state index contributed by atoms with van der Waals surface area (Å²) in [6.07, 6.45) is 0. The lowest BCUT2D eigenvalue weighted by Gasteiger charge is -2.26. The molecule has 2 aromatic rings. The zero-order chi connectivity index (χ0) is 19.5. The predicted molar refractivity (Wildman–Crippen MR) is 108 cm³/mol. The van der Waals surface area contributed by atoms with Gasteiger partial charge in [-0.15, -0.1) is 0 Å². The molecule has 1 aliphatic rings. The molecule has 1 saturated heterocycles. The van der Waals surface area contributed by atoms with Crippen molar-refractivity contribution in [3.8, 4) is 0 Å². The van der Waals surface area contributed by atoms with Crippen molar-refractivity contribution in [2.75, 3.05) is 31.0 Å². The molecule has 1 aliphatic heterocycles. The summed E-state index contributed by atoms with van der Waals surface area (Å²) in [6, 6.07) is 14.6. The van der Waals surface area contributed by atoms with Crippen molar-refractivity contribution in [3.63, 3.8) is 0 Å². The van der Waals surface area contributed by atoms with Gasteiger partial charge in [0.15, 0.2) is 0 Å². The third-order valence-electron chi connectivity index (χ3n) is 4.75. The van der Waals surface area contributed by atoms with E-state index < -0.39 is 10.0 Å². The molecule has 0 aliphatic carbocycles. The van der Waals surface area contributed by atoms with Crippen LogP contribution in [0.1, 0.15) is 31.9 Å². The summed E-state index contributed by atoms with van der Waals surface area (Å²) in [7, 11) is -3.59. The van der Waals surface area contributed by atoms with Gasteiger partial charge in [0.2, 0.25) is 0 Å². The highest BCUT2D eigenvalue weighted by molar-refractivity contribution is 7.92. The van der Waals surface area contributed by atoms with E-state index in [1.165, 1.54) is 0 Å². The molecule has 0 amide bonds. The monoisotopic (exact) mass is 388 g/mol. The molecule has 0 bridgehead atoms. The lowest BCUT2D eigenvalue weighted by Crippen LogP contribution is -2.35. The Balaban J connectivity index is 1.66. The van der Waals surface area contributed by atoms with Crippen LogP contribution in [0.5, 0.6) is 0 Å². The van der Waals surface area contributed by atoms with Gasteiger partial charge in [-0.3, -0.25) is 9.62 Å². The summed E-state index contributed by atoms with van der Waals surface area (Å²) < 4.78 is 33.3. The molecule has 0 spiro atoms. The molecule has 1 fully saturated rings. The molecule has 0 radical (unpaired) electrons. The number of ether oxygens (including phenoxy) is 1. The largest absolute Gasteiger partial charge is 0.379 e. The van der Waals surface area contributed by atoms with Crippen molar-refractivity contribution in [1.82, 2.24) is 4.90 Å². The lowest BCUT2D eigenvalue weighted by molar-refractivity contribution is 0.0342. The van der Waals surface area contributed by atoms with E-state index >= 15 is 0 Å². The highest BCUT2D eigenvalue weighted by Crippen LogP contribution is 2.24. The summed E-state index contributed by atoms with van der Waals surface area (Å²) >= 11 is 0. The Hall–Kier alpha value is -1.89. The number of nitrogens with one attached hydrogen (secondary N) is 1. The van der Waals surface area contributed by atoms with Crippen LogP contribution < -0.4 is 4.72 Å². The molecule has 0 aromatic heterocycles. The number of sulfonamides is 1. The molecule has 3 rings (SSSR count).